The lowest BCUT2D eigenvalue weighted by atomic mass is 10.1. The Kier molecular flexibility index (Phi) is 4.75. The van der Waals surface area contributed by atoms with Gasteiger partial charge in [-0.15, -0.1) is 0 Å². The molecule has 1 N–H and O–H groups in total. The molecule has 4 rings (SSSR count). The van der Waals surface area contributed by atoms with Crippen molar-refractivity contribution in [1.29, 1.82) is 0 Å². The summed E-state index contributed by atoms with van der Waals surface area (Å²) in [6.07, 6.45) is 0. The van der Waals surface area contributed by atoms with Gasteiger partial charge in [-0.05, 0) is 67.1 Å². The number of anilines is 1. The van der Waals surface area contributed by atoms with Gasteiger partial charge in [0.2, 0.25) is 5.89 Å². The van der Waals surface area contributed by atoms with Crippen molar-refractivity contribution < 1.29 is 13.9 Å². The molecule has 1 amide bonds. The van der Waals surface area contributed by atoms with E-state index in [4.69, 9.17) is 20.8 Å². The van der Waals surface area contributed by atoms with E-state index in [1.165, 1.54) is 0 Å². The molecule has 4 aromatic rings. The Morgan fingerprint density at radius 3 is 2.64 bits per heavy atom. The number of carbonyl (C=O) groups is 1. The van der Waals surface area contributed by atoms with Crippen molar-refractivity contribution in [2.45, 2.75) is 6.92 Å². The summed E-state index contributed by atoms with van der Waals surface area (Å²) in [4.78, 5) is 17.1. The number of carbonyl (C=O) groups excluding carboxylic acids is 1. The molecule has 0 unspecified atom stereocenters. The predicted molar refractivity (Wildman–Crippen MR) is 110 cm³/mol. The molecule has 0 atom stereocenters. The van der Waals surface area contributed by atoms with Crippen LogP contribution in [0.15, 0.2) is 65.1 Å². The fourth-order valence-electron chi connectivity index (χ4n) is 2.96. The normalized spacial score (nSPS) is 10.8. The van der Waals surface area contributed by atoms with Crippen molar-refractivity contribution in [3.8, 4) is 17.2 Å². The van der Waals surface area contributed by atoms with E-state index >= 15 is 0 Å². The van der Waals surface area contributed by atoms with Crippen molar-refractivity contribution in [1.82, 2.24) is 4.98 Å². The molecule has 0 fully saturated rings. The maximum atomic E-state index is 12.6. The Labute approximate surface area is 166 Å². The smallest absolute Gasteiger partial charge is 0.255 e. The molecule has 0 saturated carbocycles. The topological polar surface area (TPSA) is 64.4 Å². The first kappa shape index (κ1) is 18.1. The third-order valence-corrected chi connectivity index (χ3v) is 4.75. The van der Waals surface area contributed by atoms with Gasteiger partial charge in [0.25, 0.3) is 5.91 Å². The van der Waals surface area contributed by atoms with Crippen LogP contribution in [0.5, 0.6) is 5.75 Å². The minimum Gasteiger partial charge on any atom is -0.497 e. The predicted octanol–water partition coefficient (Wildman–Crippen LogP) is 5.72. The zero-order chi connectivity index (χ0) is 19.7. The molecule has 0 spiro atoms. The van der Waals surface area contributed by atoms with Gasteiger partial charge in [-0.1, -0.05) is 17.7 Å². The number of ether oxygens (including phenoxy) is 1. The van der Waals surface area contributed by atoms with E-state index in [0.29, 0.717) is 39.0 Å². The summed E-state index contributed by atoms with van der Waals surface area (Å²) in [7, 11) is 1.59. The molecule has 0 aliphatic carbocycles. The van der Waals surface area contributed by atoms with Gasteiger partial charge < -0.3 is 14.5 Å². The van der Waals surface area contributed by atoms with E-state index in [-0.39, 0.29) is 5.91 Å². The van der Waals surface area contributed by atoms with E-state index in [9.17, 15) is 4.79 Å². The summed E-state index contributed by atoms with van der Waals surface area (Å²) >= 11 is 6.03. The van der Waals surface area contributed by atoms with Crippen molar-refractivity contribution in [2.24, 2.45) is 0 Å². The summed E-state index contributed by atoms with van der Waals surface area (Å²) in [6.45, 7) is 1.92. The van der Waals surface area contributed by atoms with Crippen LogP contribution in [0.2, 0.25) is 5.02 Å². The molecule has 6 heteroatoms. The molecule has 3 aromatic carbocycles. The van der Waals surface area contributed by atoms with E-state index < -0.39 is 0 Å². The van der Waals surface area contributed by atoms with Gasteiger partial charge in [0.1, 0.15) is 11.3 Å². The molecule has 0 bridgehead atoms. The molecule has 28 heavy (non-hydrogen) atoms. The molecule has 5 nitrogen and oxygen atoms in total. The molecule has 0 aliphatic heterocycles. The Hall–Kier alpha value is -3.31. The molecule has 0 saturated heterocycles. The zero-order valence-electron chi connectivity index (χ0n) is 15.3. The molecule has 1 aromatic heterocycles. The van der Waals surface area contributed by atoms with Crippen LogP contribution in [0.4, 0.5) is 5.69 Å². The number of amides is 1. The largest absolute Gasteiger partial charge is 0.497 e. The number of methoxy groups -OCH3 is 1. The van der Waals surface area contributed by atoms with Crippen molar-refractivity contribution in [3.63, 3.8) is 0 Å². The lowest BCUT2D eigenvalue weighted by Crippen LogP contribution is -2.12. The van der Waals surface area contributed by atoms with E-state index in [0.717, 1.165) is 11.1 Å². The number of hydrogen-bond donors (Lipinski definition) is 1. The van der Waals surface area contributed by atoms with Gasteiger partial charge in [0.15, 0.2) is 5.58 Å². The average molecular weight is 393 g/mol. The fourth-order valence-corrected chi connectivity index (χ4v) is 3.12. The van der Waals surface area contributed by atoms with Gasteiger partial charge in [0.05, 0.1) is 7.11 Å². The maximum absolute atomic E-state index is 12.6. The van der Waals surface area contributed by atoms with Crippen LogP contribution in [0.3, 0.4) is 0 Å². The lowest BCUT2D eigenvalue weighted by Gasteiger charge is -2.11. The summed E-state index contributed by atoms with van der Waals surface area (Å²) in [5, 5.41) is 3.55. The number of aromatic nitrogens is 1. The quantitative estimate of drug-likeness (QED) is 0.482. The first-order valence-corrected chi connectivity index (χ1v) is 9.04. The van der Waals surface area contributed by atoms with Crippen LogP contribution in [-0.2, 0) is 0 Å². The zero-order valence-corrected chi connectivity index (χ0v) is 16.1. The first-order valence-electron chi connectivity index (χ1n) is 8.66. The third kappa shape index (κ3) is 3.44. The van der Waals surface area contributed by atoms with Crippen LogP contribution in [0.25, 0.3) is 22.6 Å². The minimum absolute atomic E-state index is 0.202. The molecule has 0 radical (unpaired) electrons. The molecule has 140 valence electrons. The highest BCUT2D eigenvalue weighted by atomic mass is 35.5. The summed E-state index contributed by atoms with van der Waals surface area (Å²) in [5.41, 5.74) is 4.25. The van der Waals surface area contributed by atoms with Crippen molar-refractivity contribution >= 4 is 34.3 Å². The van der Waals surface area contributed by atoms with Crippen LogP contribution < -0.4 is 10.1 Å². The SMILES string of the molecule is COc1ccc(C(=O)Nc2cccc(-c3nc4cc(Cl)ccc4o3)c2C)cc1. The number of benzene rings is 3. The summed E-state index contributed by atoms with van der Waals surface area (Å²) in [6, 6.07) is 17.9. The number of nitrogens with one attached hydrogen (secondary N) is 1. The van der Waals surface area contributed by atoms with E-state index in [1.807, 2.05) is 25.1 Å². The molecular formula is C22H17ClN2O3. The number of oxazole rings is 1. The highest BCUT2D eigenvalue weighted by molar-refractivity contribution is 6.31. The Morgan fingerprint density at radius 2 is 1.89 bits per heavy atom. The fraction of sp³-hybridized carbons (Fsp3) is 0.0909. The standard InChI is InChI=1S/C22H17ClN2O3/c1-13-17(22-25-19-12-15(23)8-11-20(19)28-22)4-3-5-18(13)24-21(26)14-6-9-16(27-2)10-7-14/h3-12H,1-2H3,(H,24,26). The van der Waals surface area contributed by atoms with Crippen molar-refractivity contribution in [2.75, 3.05) is 12.4 Å². The van der Waals surface area contributed by atoms with Crippen LogP contribution in [0.1, 0.15) is 15.9 Å². The highest BCUT2D eigenvalue weighted by Gasteiger charge is 2.15. The second-order valence-electron chi connectivity index (χ2n) is 6.29. The van der Waals surface area contributed by atoms with E-state index in [2.05, 4.69) is 10.3 Å². The van der Waals surface area contributed by atoms with Crippen LogP contribution in [0, 0.1) is 6.92 Å². The summed E-state index contributed by atoms with van der Waals surface area (Å²) < 4.78 is 11.0. The van der Waals surface area contributed by atoms with E-state index in [1.54, 1.807) is 49.6 Å². The molecular weight excluding hydrogens is 376 g/mol. The Bertz CT molecular complexity index is 1170. The first-order chi connectivity index (χ1) is 13.5. The third-order valence-electron chi connectivity index (χ3n) is 4.51. The lowest BCUT2D eigenvalue weighted by molar-refractivity contribution is 0.102. The van der Waals surface area contributed by atoms with Crippen LogP contribution >= 0.6 is 11.6 Å². The summed E-state index contributed by atoms with van der Waals surface area (Å²) in [5.74, 6) is 0.980. The molecule has 0 aliphatic rings. The second kappa shape index (κ2) is 7.37. The number of nitrogens with zero attached hydrogens (tertiary/aromatic N) is 1. The molecule has 1 heterocycles. The highest BCUT2D eigenvalue weighted by Crippen LogP contribution is 2.31. The number of halogens is 1. The van der Waals surface area contributed by atoms with Gasteiger partial charge in [0, 0.05) is 21.8 Å². The van der Waals surface area contributed by atoms with Gasteiger partial charge in [-0.3, -0.25) is 4.79 Å². The average Bonchev–Trinajstić information content (AvgIpc) is 3.12. The monoisotopic (exact) mass is 392 g/mol. The maximum Gasteiger partial charge on any atom is 0.255 e. The number of rotatable bonds is 4. The Morgan fingerprint density at radius 1 is 1.11 bits per heavy atom. The number of hydrogen-bond acceptors (Lipinski definition) is 4. The van der Waals surface area contributed by atoms with Gasteiger partial charge >= 0.3 is 0 Å². The van der Waals surface area contributed by atoms with Gasteiger partial charge in [-0.2, -0.15) is 0 Å². The van der Waals surface area contributed by atoms with Crippen LogP contribution in [-0.4, -0.2) is 18.0 Å². The van der Waals surface area contributed by atoms with Gasteiger partial charge in [-0.25, -0.2) is 4.98 Å². The Balaban J connectivity index is 1.64. The number of fused-ring (bicyclic) bond motifs is 1. The second-order valence-corrected chi connectivity index (χ2v) is 6.73. The van der Waals surface area contributed by atoms with Crippen molar-refractivity contribution in [3.05, 3.63) is 76.8 Å². The minimum atomic E-state index is -0.202.